The van der Waals surface area contributed by atoms with Crippen LogP contribution >= 0.6 is 15.9 Å². The van der Waals surface area contributed by atoms with Gasteiger partial charge in [0.2, 0.25) is 0 Å². The number of benzene rings is 1. The number of rotatable bonds is 6. The van der Waals surface area contributed by atoms with E-state index < -0.39 is 12.2 Å². The van der Waals surface area contributed by atoms with Crippen molar-refractivity contribution in [3.63, 3.8) is 0 Å². The van der Waals surface area contributed by atoms with Gasteiger partial charge in [0.1, 0.15) is 5.75 Å². The van der Waals surface area contributed by atoms with Gasteiger partial charge in [-0.15, -0.1) is 0 Å². The fourth-order valence-corrected chi connectivity index (χ4v) is 1.97. The molecule has 2 atom stereocenters. The highest BCUT2D eigenvalue weighted by molar-refractivity contribution is 9.10. The molecule has 4 nitrogen and oxygen atoms in total. The Labute approximate surface area is 122 Å². The molecule has 0 saturated heterocycles. The highest BCUT2D eigenvalue weighted by Gasteiger charge is 2.17. The van der Waals surface area contributed by atoms with Crippen LogP contribution < -0.4 is 10.1 Å². The first-order chi connectivity index (χ1) is 8.95. The van der Waals surface area contributed by atoms with Crippen LogP contribution in [0.15, 0.2) is 22.7 Å². The summed E-state index contributed by atoms with van der Waals surface area (Å²) in [6, 6.07) is 5.35. The molecular formula is C14H20BrNO3. The molecule has 0 radical (unpaired) electrons. The zero-order valence-corrected chi connectivity index (χ0v) is 13.0. The Bertz CT molecular complexity index is 435. The molecule has 0 fully saturated rings. The quantitative estimate of drug-likeness (QED) is 0.843. The summed E-state index contributed by atoms with van der Waals surface area (Å²) < 4.78 is 6.49. The van der Waals surface area contributed by atoms with E-state index in [1.165, 1.54) is 0 Å². The number of hydrogen-bond donors (Lipinski definition) is 2. The Morgan fingerprint density at radius 1 is 1.47 bits per heavy atom. The third-order valence-corrected chi connectivity index (χ3v) is 3.14. The predicted molar refractivity (Wildman–Crippen MR) is 78.2 cm³/mol. The second-order valence-corrected chi connectivity index (χ2v) is 5.32. The Balaban J connectivity index is 2.78. The average molecular weight is 330 g/mol. The van der Waals surface area contributed by atoms with Crippen molar-refractivity contribution in [2.24, 2.45) is 0 Å². The number of aliphatic hydroxyl groups excluding tert-OH is 1. The number of hydrogen-bond acceptors (Lipinski definition) is 3. The van der Waals surface area contributed by atoms with Crippen molar-refractivity contribution in [2.75, 3.05) is 6.54 Å². The number of carbonyl (C=O) groups excluding carboxylic acids is 1. The summed E-state index contributed by atoms with van der Waals surface area (Å²) in [6.45, 7) is 5.98. The smallest absolute Gasteiger partial charge is 0.260 e. The monoisotopic (exact) mass is 329 g/mol. The van der Waals surface area contributed by atoms with E-state index in [1.807, 2.05) is 13.0 Å². The number of carbonyl (C=O) groups is 1. The highest BCUT2D eigenvalue weighted by Crippen LogP contribution is 2.29. The summed E-state index contributed by atoms with van der Waals surface area (Å²) >= 11 is 3.35. The SMILES string of the molecule is CCCNC(=O)C(C)Oc1ccc(Br)cc1C(C)O. The fraction of sp³-hybridized carbons (Fsp3) is 0.500. The van der Waals surface area contributed by atoms with E-state index in [1.54, 1.807) is 26.0 Å². The largest absolute Gasteiger partial charge is 0.481 e. The number of aliphatic hydroxyl groups is 1. The van der Waals surface area contributed by atoms with Crippen LogP contribution in [0.2, 0.25) is 0 Å². The van der Waals surface area contributed by atoms with Crippen LogP contribution in [-0.4, -0.2) is 23.7 Å². The van der Waals surface area contributed by atoms with Gasteiger partial charge in [0.15, 0.2) is 6.10 Å². The van der Waals surface area contributed by atoms with Crippen molar-refractivity contribution in [1.82, 2.24) is 5.32 Å². The lowest BCUT2D eigenvalue weighted by Crippen LogP contribution is -2.36. The van der Waals surface area contributed by atoms with Crippen LogP contribution in [-0.2, 0) is 4.79 Å². The number of ether oxygens (including phenoxy) is 1. The maximum atomic E-state index is 11.7. The van der Waals surface area contributed by atoms with E-state index in [0.29, 0.717) is 17.9 Å². The topological polar surface area (TPSA) is 58.6 Å². The van der Waals surface area contributed by atoms with Gasteiger partial charge >= 0.3 is 0 Å². The molecule has 0 aromatic heterocycles. The minimum Gasteiger partial charge on any atom is -0.481 e. The predicted octanol–water partition coefficient (Wildman–Crippen LogP) is 2.80. The van der Waals surface area contributed by atoms with Crippen molar-refractivity contribution >= 4 is 21.8 Å². The zero-order chi connectivity index (χ0) is 14.4. The number of nitrogens with one attached hydrogen (secondary N) is 1. The molecule has 1 aromatic carbocycles. The molecule has 1 rings (SSSR count). The van der Waals surface area contributed by atoms with E-state index in [-0.39, 0.29) is 5.91 Å². The molecule has 0 bridgehead atoms. The fourth-order valence-electron chi connectivity index (χ4n) is 1.59. The summed E-state index contributed by atoms with van der Waals surface area (Å²) in [7, 11) is 0. The van der Waals surface area contributed by atoms with Gasteiger partial charge in [-0.1, -0.05) is 22.9 Å². The van der Waals surface area contributed by atoms with E-state index in [4.69, 9.17) is 4.74 Å². The molecule has 1 amide bonds. The lowest BCUT2D eigenvalue weighted by atomic mass is 10.1. The van der Waals surface area contributed by atoms with E-state index in [2.05, 4.69) is 21.2 Å². The van der Waals surface area contributed by atoms with Gasteiger partial charge in [-0.05, 0) is 38.5 Å². The minimum absolute atomic E-state index is 0.152. The first kappa shape index (κ1) is 16.0. The van der Waals surface area contributed by atoms with Crippen molar-refractivity contribution in [2.45, 2.75) is 39.4 Å². The summed E-state index contributed by atoms with van der Waals surface area (Å²) in [5.41, 5.74) is 0.657. The third kappa shape index (κ3) is 4.84. The molecule has 0 aliphatic carbocycles. The summed E-state index contributed by atoms with van der Waals surface area (Å²) in [6.07, 6.45) is -0.362. The van der Waals surface area contributed by atoms with Crippen LogP contribution in [0.3, 0.4) is 0 Å². The summed E-state index contributed by atoms with van der Waals surface area (Å²) in [5, 5.41) is 12.5. The zero-order valence-electron chi connectivity index (χ0n) is 11.4. The molecule has 2 N–H and O–H groups in total. The second kappa shape index (κ2) is 7.50. The normalized spacial score (nSPS) is 13.7. The average Bonchev–Trinajstić information content (AvgIpc) is 2.37. The van der Waals surface area contributed by atoms with Crippen LogP contribution in [0.5, 0.6) is 5.75 Å². The van der Waals surface area contributed by atoms with Crippen molar-refractivity contribution in [3.05, 3.63) is 28.2 Å². The first-order valence-electron chi connectivity index (χ1n) is 6.37. The standard InChI is InChI=1S/C14H20BrNO3/c1-4-7-16-14(18)10(3)19-13-6-5-11(15)8-12(13)9(2)17/h5-6,8-10,17H,4,7H2,1-3H3,(H,16,18). The number of halogens is 1. The Hall–Kier alpha value is -1.07. The van der Waals surface area contributed by atoms with Gasteiger partial charge < -0.3 is 15.2 Å². The lowest BCUT2D eigenvalue weighted by molar-refractivity contribution is -0.127. The Morgan fingerprint density at radius 2 is 2.16 bits per heavy atom. The van der Waals surface area contributed by atoms with Gasteiger partial charge in [-0.2, -0.15) is 0 Å². The van der Waals surface area contributed by atoms with Crippen LogP contribution in [0.4, 0.5) is 0 Å². The van der Waals surface area contributed by atoms with E-state index in [0.717, 1.165) is 10.9 Å². The maximum absolute atomic E-state index is 11.7. The van der Waals surface area contributed by atoms with Gasteiger partial charge in [-0.3, -0.25) is 4.79 Å². The molecule has 0 aliphatic heterocycles. The first-order valence-corrected chi connectivity index (χ1v) is 7.16. The van der Waals surface area contributed by atoms with Gasteiger partial charge in [-0.25, -0.2) is 0 Å². The molecule has 0 spiro atoms. The summed E-state index contributed by atoms with van der Waals surface area (Å²) in [5.74, 6) is 0.374. The molecule has 0 saturated carbocycles. The van der Waals surface area contributed by atoms with Gasteiger partial charge in [0, 0.05) is 16.6 Å². The van der Waals surface area contributed by atoms with Crippen molar-refractivity contribution < 1.29 is 14.6 Å². The Morgan fingerprint density at radius 3 is 2.74 bits per heavy atom. The van der Waals surface area contributed by atoms with Gasteiger partial charge in [0.05, 0.1) is 6.10 Å². The van der Waals surface area contributed by atoms with Gasteiger partial charge in [0.25, 0.3) is 5.91 Å². The van der Waals surface area contributed by atoms with E-state index >= 15 is 0 Å². The highest BCUT2D eigenvalue weighted by atomic mass is 79.9. The summed E-state index contributed by atoms with van der Waals surface area (Å²) in [4.78, 5) is 11.7. The molecular weight excluding hydrogens is 310 g/mol. The van der Waals surface area contributed by atoms with Crippen molar-refractivity contribution in [1.29, 1.82) is 0 Å². The van der Waals surface area contributed by atoms with Crippen molar-refractivity contribution in [3.8, 4) is 5.75 Å². The maximum Gasteiger partial charge on any atom is 0.260 e. The molecule has 2 unspecified atom stereocenters. The van der Waals surface area contributed by atoms with Crippen LogP contribution in [0.25, 0.3) is 0 Å². The Kier molecular flexibility index (Phi) is 6.31. The number of amides is 1. The lowest BCUT2D eigenvalue weighted by Gasteiger charge is -2.18. The molecule has 0 aliphatic rings. The van der Waals surface area contributed by atoms with Crippen LogP contribution in [0.1, 0.15) is 38.9 Å². The second-order valence-electron chi connectivity index (χ2n) is 4.41. The molecule has 106 valence electrons. The van der Waals surface area contributed by atoms with E-state index in [9.17, 15) is 9.90 Å². The molecule has 1 aromatic rings. The van der Waals surface area contributed by atoms with Crippen LogP contribution in [0, 0.1) is 0 Å². The molecule has 5 heteroatoms. The molecule has 19 heavy (non-hydrogen) atoms. The molecule has 0 heterocycles. The minimum atomic E-state index is -0.654. The third-order valence-electron chi connectivity index (χ3n) is 2.64.